The number of rotatable bonds is 5. The number of aromatic nitrogens is 2. The van der Waals surface area contributed by atoms with Gasteiger partial charge in [0.15, 0.2) is 0 Å². The predicted octanol–water partition coefficient (Wildman–Crippen LogP) is 3.10. The van der Waals surface area contributed by atoms with Crippen molar-refractivity contribution in [2.24, 2.45) is 0 Å². The first-order valence-corrected chi connectivity index (χ1v) is 8.23. The Labute approximate surface area is 124 Å². The molecule has 4 nitrogen and oxygen atoms in total. The fourth-order valence-corrected chi connectivity index (χ4v) is 3.59. The Kier molecular flexibility index (Phi) is 5.40. The first-order chi connectivity index (χ1) is 9.65. The van der Waals surface area contributed by atoms with Gasteiger partial charge in [0, 0.05) is 11.3 Å². The first kappa shape index (κ1) is 15.3. The Bertz CT molecular complexity index is 491. The molecule has 0 spiro atoms. The molecular weight excluding hydrogens is 272 g/mol. The quantitative estimate of drug-likeness (QED) is 0.474. The zero-order valence-electron chi connectivity index (χ0n) is 12.4. The molecule has 0 aliphatic heterocycles. The average Bonchev–Trinajstić information content (AvgIpc) is 2.44. The van der Waals surface area contributed by atoms with Crippen molar-refractivity contribution in [2.45, 2.75) is 63.2 Å². The summed E-state index contributed by atoms with van der Waals surface area (Å²) in [6.45, 7) is 6.20. The van der Waals surface area contributed by atoms with Crippen molar-refractivity contribution in [1.82, 2.24) is 9.97 Å². The van der Waals surface area contributed by atoms with Gasteiger partial charge in [-0.05, 0) is 46.0 Å². The van der Waals surface area contributed by atoms with Crippen LogP contribution in [0, 0.1) is 6.92 Å². The van der Waals surface area contributed by atoms with Crippen molar-refractivity contribution < 1.29 is 9.53 Å². The molecule has 1 atom stereocenters. The molecule has 0 aromatic carbocycles. The third-order valence-electron chi connectivity index (χ3n) is 3.43. The second-order valence-electron chi connectivity index (χ2n) is 4.98. The lowest BCUT2D eigenvalue weighted by Crippen LogP contribution is -2.20. The zero-order chi connectivity index (χ0) is 14.5. The molecular formula is C15H22N2O2S. The van der Waals surface area contributed by atoms with E-state index in [1.165, 1.54) is 35.9 Å². The minimum absolute atomic E-state index is 0.138. The highest BCUT2D eigenvalue weighted by Crippen LogP contribution is 2.32. The number of fused-ring (bicyclic) bond motifs is 1. The molecule has 1 aliphatic carbocycles. The maximum atomic E-state index is 11.9. The van der Waals surface area contributed by atoms with Gasteiger partial charge in [-0.25, -0.2) is 9.97 Å². The van der Waals surface area contributed by atoms with Gasteiger partial charge in [-0.3, -0.25) is 4.79 Å². The van der Waals surface area contributed by atoms with Crippen LogP contribution in [0.1, 0.15) is 50.2 Å². The lowest BCUT2D eigenvalue weighted by atomic mass is 9.97. The fraction of sp³-hybridized carbons (Fsp3) is 0.667. The topological polar surface area (TPSA) is 52.1 Å². The van der Waals surface area contributed by atoms with E-state index in [0.29, 0.717) is 6.61 Å². The number of carbonyl (C=O) groups is 1. The molecule has 1 heterocycles. The molecule has 1 aliphatic rings. The predicted molar refractivity (Wildman–Crippen MR) is 80.0 cm³/mol. The molecule has 0 radical (unpaired) electrons. The monoisotopic (exact) mass is 294 g/mol. The summed E-state index contributed by atoms with van der Waals surface area (Å²) < 4.78 is 5.14. The van der Waals surface area contributed by atoms with Gasteiger partial charge >= 0.3 is 5.97 Å². The maximum Gasteiger partial charge on any atom is 0.319 e. The van der Waals surface area contributed by atoms with E-state index in [2.05, 4.69) is 9.97 Å². The van der Waals surface area contributed by atoms with E-state index in [1.807, 2.05) is 20.8 Å². The van der Waals surface area contributed by atoms with Crippen LogP contribution in [0.25, 0.3) is 0 Å². The lowest BCUT2D eigenvalue weighted by Gasteiger charge is -2.20. The van der Waals surface area contributed by atoms with Gasteiger partial charge in [-0.1, -0.05) is 18.7 Å². The summed E-state index contributed by atoms with van der Waals surface area (Å²) >= 11 is 1.54. The summed E-state index contributed by atoms with van der Waals surface area (Å²) in [4.78, 5) is 21.1. The zero-order valence-corrected chi connectivity index (χ0v) is 13.3. The SMILES string of the molecule is CCOC(=O)C(CC)Sc1nc(C)nc2c1CCCC2. The van der Waals surface area contributed by atoms with Crippen LogP contribution in [0.5, 0.6) is 0 Å². The van der Waals surface area contributed by atoms with Crippen LogP contribution in [0.2, 0.25) is 0 Å². The van der Waals surface area contributed by atoms with Crippen LogP contribution in [0.4, 0.5) is 0 Å². The van der Waals surface area contributed by atoms with Crippen LogP contribution in [0.15, 0.2) is 5.03 Å². The Morgan fingerprint density at radius 2 is 2.05 bits per heavy atom. The number of nitrogens with zero attached hydrogens (tertiary/aromatic N) is 2. The second kappa shape index (κ2) is 7.07. The third-order valence-corrected chi connectivity index (χ3v) is 4.80. The average molecular weight is 294 g/mol. The van der Waals surface area contributed by atoms with Crippen LogP contribution < -0.4 is 0 Å². The molecule has 1 unspecified atom stereocenters. The lowest BCUT2D eigenvalue weighted by molar-refractivity contribution is -0.142. The van der Waals surface area contributed by atoms with Gasteiger partial charge in [0.2, 0.25) is 0 Å². The maximum absolute atomic E-state index is 11.9. The molecule has 0 fully saturated rings. The molecule has 5 heteroatoms. The van der Waals surface area contributed by atoms with Gasteiger partial charge < -0.3 is 4.74 Å². The highest BCUT2D eigenvalue weighted by atomic mass is 32.2. The summed E-state index contributed by atoms with van der Waals surface area (Å²) in [6.07, 6.45) is 5.19. The highest BCUT2D eigenvalue weighted by molar-refractivity contribution is 8.00. The summed E-state index contributed by atoms with van der Waals surface area (Å²) in [5, 5.41) is 0.808. The van der Waals surface area contributed by atoms with Gasteiger partial charge in [-0.2, -0.15) is 0 Å². The largest absolute Gasteiger partial charge is 0.465 e. The van der Waals surface area contributed by atoms with Crippen molar-refractivity contribution in [3.63, 3.8) is 0 Å². The fourth-order valence-electron chi connectivity index (χ4n) is 2.44. The van der Waals surface area contributed by atoms with E-state index < -0.39 is 0 Å². The molecule has 0 bridgehead atoms. The smallest absolute Gasteiger partial charge is 0.319 e. The first-order valence-electron chi connectivity index (χ1n) is 7.35. The molecule has 110 valence electrons. The number of ether oxygens (including phenoxy) is 1. The molecule has 20 heavy (non-hydrogen) atoms. The standard InChI is InChI=1S/C15H22N2O2S/c1-4-13(15(18)19-5-2)20-14-11-8-6-7-9-12(11)16-10(3)17-14/h13H,4-9H2,1-3H3. The van der Waals surface area contributed by atoms with E-state index in [4.69, 9.17) is 4.74 Å². The summed E-state index contributed by atoms with van der Waals surface area (Å²) in [5.74, 6) is 0.660. The minimum Gasteiger partial charge on any atom is -0.465 e. The summed E-state index contributed by atoms with van der Waals surface area (Å²) in [7, 11) is 0. The number of hydrogen-bond donors (Lipinski definition) is 0. The molecule has 2 rings (SSSR count). The molecule has 0 saturated heterocycles. The van der Waals surface area contributed by atoms with Crippen molar-refractivity contribution in [2.75, 3.05) is 6.61 Å². The van der Waals surface area contributed by atoms with Crippen molar-refractivity contribution in [3.8, 4) is 0 Å². The van der Waals surface area contributed by atoms with Crippen LogP contribution in [-0.4, -0.2) is 27.8 Å². The van der Waals surface area contributed by atoms with Crippen LogP contribution in [-0.2, 0) is 22.4 Å². The minimum atomic E-state index is -0.171. The van der Waals surface area contributed by atoms with Gasteiger partial charge in [0.25, 0.3) is 0 Å². The van der Waals surface area contributed by atoms with E-state index in [0.717, 1.165) is 30.1 Å². The van der Waals surface area contributed by atoms with E-state index in [-0.39, 0.29) is 11.2 Å². The highest BCUT2D eigenvalue weighted by Gasteiger charge is 2.24. The third kappa shape index (κ3) is 3.51. The number of hydrogen-bond acceptors (Lipinski definition) is 5. The Morgan fingerprint density at radius 3 is 2.75 bits per heavy atom. The molecule has 0 saturated carbocycles. The van der Waals surface area contributed by atoms with Gasteiger partial charge in [-0.15, -0.1) is 0 Å². The van der Waals surface area contributed by atoms with Crippen molar-refractivity contribution >= 4 is 17.7 Å². The van der Waals surface area contributed by atoms with E-state index in [1.54, 1.807) is 0 Å². The molecule has 1 aromatic heterocycles. The molecule has 0 N–H and O–H groups in total. The summed E-state index contributed by atoms with van der Waals surface area (Å²) in [6, 6.07) is 0. The Hall–Kier alpha value is -1.10. The summed E-state index contributed by atoms with van der Waals surface area (Å²) in [5.41, 5.74) is 2.42. The molecule has 0 amide bonds. The number of esters is 1. The van der Waals surface area contributed by atoms with Gasteiger partial charge in [0.1, 0.15) is 16.1 Å². The Balaban J connectivity index is 2.23. The molecule has 1 aromatic rings. The van der Waals surface area contributed by atoms with Crippen LogP contribution in [0.3, 0.4) is 0 Å². The van der Waals surface area contributed by atoms with Crippen molar-refractivity contribution in [3.05, 3.63) is 17.1 Å². The van der Waals surface area contributed by atoms with E-state index in [9.17, 15) is 4.79 Å². The second-order valence-corrected chi connectivity index (χ2v) is 6.17. The Morgan fingerprint density at radius 1 is 1.30 bits per heavy atom. The van der Waals surface area contributed by atoms with Crippen molar-refractivity contribution in [1.29, 1.82) is 0 Å². The van der Waals surface area contributed by atoms with Gasteiger partial charge in [0.05, 0.1) is 6.61 Å². The number of thioether (sulfide) groups is 1. The normalized spacial score (nSPS) is 15.6. The van der Waals surface area contributed by atoms with Crippen LogP contribution >= 0.6 is 11.8 Å². The number of aryl methyl sites for hydroxylation is 2. The van der Waals surface area contributed by atoms with E-state index >= 15 is 0 Å². The number of carbonyl (C=O) groups excluding carboxylic acids is 1.